The van der Waals surface area contributed by atoms with Gasteiger partial charge in [0.15, 0.2) is 11.0 Å². The van der Waals surface area contributed by atoms with Gasteiger partial charge in [0.2, 0.25) is 5.91 Å². The zero-order chi connectivity index (χ0) is 23.1. The van der Waals surface area contributed by atoms with E-state index in [4.69, 9.17) is 16.3 Å². The number of methoxy groups -OCH3 is 1. The SMILES string of the molecule is CCn1c(CNc2ccc(C)c(Cl)c2)nnc1SCC(=O)Nc1ccccc1C(=O)OC. The maximum atomic E-state index is 12.5. The van der Waals surface area contributed by atoms with E-state index in [0.29, 0.717) is 34.5 Å². The molecule has 0 aliphatic carbocycles. The highest BCUT2D eigenvalue weighted by Gasteiger charge is 2.16. The van der Waals surface area contributed by atoms with Crippen molar-refractivity contribution < 1.29 is 14.3 Å². The molecular formula is C22H24ClN5O3S. The Morgan fingerprint density at radius 2 is 1.97 bits per heavy atom. The zero-order valence-corrected chi connectivity index (χ0v) is 19.6. The molecule has 0 aliphatic heterocycles. The average Bonchev–Trinajstić information content (AvgIpc) is 3.20. The second kappa shape index (κ2) is 11.0. The zero-order valence-electron chi connectivity index (χ0n) is 18.0. The number of para-hydroxylation sites is 1. The Morgan fingerprint density at radius 1 is 1.19 bits per heavy atom. The number of hydrogen-bond acceptors (Lipinski definition) is 7. The highest BCUT2D eigenvalue weighted by molar-refractivity contribution is 7.99. The molecule has 0 unspecified atom stereocenters. The number of aryl methyl sites for hydroxylation is 1. The molecule has 168 valence electrons. The lowest BCUT2D eigenvalue weighted by Crippen LogP contribution is -2.17. The van der Waals surface area contributed by atoms with E-state index >= 15 is 0 Å². The second-order valence-electron chi connectivity index (χ2n) is 6.83. The molecule has 0 fully saturated rings. The van der Waals surface area contributed by atoms with Crippen molar-refractivity contribution in [3.63, 3.8) is 0 Å². The topological polar surface area (TPSA) is 98.1 Å². The Balaban J connectivity index is 1.61. The number of nitrogens with zero attached hydrogens (tertiary/aromatic N) is 3. The molecule has 0 bridgehead atoms. The summed E-state index contributed by atoms with van der Waals surface area (Å²) in [5.74, 6) is 0.106. The predicted octanol–water partition coefficient (Wildman–Crippen LogP) is 4.39. The smallest absolute Gasteiger partial charge is 0.339 e. The van der Waals surface area contributed by atoms with Crippen molar-refractivity contribution in [1.82, 2.24) is 14.8 Å². The van der Waals surface area contributed by atoms with Gasteiger partial charge in [-0.3, -0.25) is 4.79 Å². The molecule has 8 nitrogen and oxygen atoms in total. The number of esters is 1. The van der Waals surface area contributed by atoms with Crippen LogP contribution >= 0.6 is 23.4 Å². The van der Waals surface area contributed by atoms with Crippen LogP contribution in [0.1, 0.15) is 28.7 Å². The largest absolute Gasteiger partial charge is 0.465 e. The summed E-state index contributed by atoms with van der Waals surface area (Å²) < 4.78 is 6.71. The fourth-order valence-electron chi connectivity index (χ4n) is 2.95. The first-order chi connectivity index (χ1) is 15.4. The van der Waals surface area contributed by atoms with E-state index in [1.807, 2.05) is 36.6 Å². The molecule has 0 saturated heterocycles. The van der Waals surface area contributed by atoms with Crippen LogP contribution in [-0.2, 0) is 22.6 Å². The van der Waals surface area contributed by atoms with Crippen molar-refractivity contribution in [2.45, 2.75) is 32.1 Å². The molecule has 0 spiro atoms. The van der Waals surface area contributed by atoms with Gasteiger partial charge >= 0.3 is 5.97 Å². The number of amides is 1. The number of carbonyl (C=O) groups is 2. The monoisotopic (exact) mass is 473 g/mol. The van der Waals surface area contributed by atoms with E-state index < -0.39 is 5.97 Å². The van der Waals surface area contributed by atoms with Gasteiger partial charge in [0.1, 0.15) is 0 Å². The molecule has 2 aromatic carbocycles. The molecule has 3 rings (SSSR count). The summed E-state index contributed by atoms with van der Waals surface area (Å²) in [6.45, 7) is 5.08. The van der Waals surface area contributed by atoms with Crippen LogP contribution in [0.5, 0.6) is 0 Å². The van der Waals surface area contributed by atoms with Crippen LogP contribution in [0.3, 0.4) is 0 Å². The minimum atomic E-state index is -0.508. The van der Waals surface area contributed by atoms with Gasteiger partial charge in [-0.1, -0.05) is 41.6 Å². The lowest BCUT2D eigenvalue weighted by molar-refractivity contribution is -0.113. The first-order valence-corrected chi connectivity index (χ1v) is 11.3. The van der Waals surface area contributed by atoms with E-state index in [0.717, 1.165) is 17.1 Å². The summed E-state index contributed by atoms with van der Waals surface area (Å²) in [6.07, 6.45) is 0. The first kappa shape index (κ1) is 23.6. The Kier molecular flexibility index (Phi) is 8.13. The van der Waals surface area contributed by atoms with Gasteiger partial charge in [0.25, 0.3) is 0 Å². The third-order valence-corrected chi connectivity index (χ3v) is 6.04. The van der Waals surface area contributed by atoms with Gasteiger partial charge in [-0.15, -0.1) is 10.2 Å². The Labute approximate surface area is 195 Å². The van der Waals surface area contributed by atoms with Crippen LogP contribution in [-0.4, -0.2) is 39.5 Å². The number of ether oxygens (including phenoxy) is 1. The summed E-state index contributed by atoms with van der Waals surface area (Å²) in [5.41, 5.74) is 2.61. The van der Waals surface area contributed by atoms with E-state index in [-0.39, 0.29) is 11.7 Å². The minimum absolute atomic E-state index is 0.120. The lowest BCUT2D eigenvalue weighted by atomic mass is 10.2. The Hall–Kier alpha value is -3.04. The summed E-state index contributed by atoms with van der Waals surface area (Å²) in [4.78, 5) is 24.3. The van der Waals surface area contributed by atoms with Crippen molar-refractivity contribution >= 4 is 46.6 Å². The van der Waals surface area contributed by atoms with Gasteiger partial charge in [0, 0.05) is 17.3 Å². The third kappa shape index (κ3) is 5.80. The average molecular weight is 474 g/mol. The number of carbonyl (C=O) groups excluding carboxylic acids is 2. The third-order valence-electron chi connectivity index (χ3n) is 4.67. The van der Waals surface area contributed by atoms with Crippen molar-refractivity contribution in [3.8, 4) is 0 Å². The van der Waals surface area contributed by atoms with Crippen molar-refractivity contribution in [1.29, 1.82) is 0 Å². The molecule has 0 radical (unpaired) electrons. The fourth-order valence-corrected chi connectivity index (χ4v) is 3.96. The molecular weight excluding hydrogens is 450 g/mol. The van der Waals surface area contributed by atoms with Crippen LogP contribution < -0.4 is 10.6 Å². The molecule has 1 amide bonds. The molecule has 3 aromatic rings. The molecule has 10 heteroatoms. The Morgan fingerprint density at radius 3 is 2.69 bits per heavy atom. The number of hydrogen-bond donors (Lipinski definition) is 2. The molecule has 0 atom stereocenters. The second-order valence-corrected chi connectivity index (χ2v) is 8.18. The molecule has 0 aliphatic rings. The van der Waals surface area contributed by atoms with E-state index in [1.54, 1.807) is 24.3 Å². The van der Waals surface area contributed by atoms with Gasteiger partial charge < -0.3 is 19.9 Å². The maximum Gasteiger partial charge on any atom is 0.339 e. The molecule has 1 aromatic heterocycles. The van der Waals surface area contributed by atoms with E-state index in [2.05, 4.69) is 20.8 Å². The maximum absolute atomic E-state index is 12.5. The highest BCUT2D eigenvalue weighted by Crippen LogP contribution is 2.22. The number of thioether (sulfide) groups is 1. The Bertz CT molecular complexity index is 1120. The van der Waals surface area contributed by atoms with Crippen LogP contribution in [0.15, 0.2) is 47.6 Å². The van der Waals surface area contributed by atoms with Gasteiger partial charge in [-0.25, -0.2) is 4.79 Å². The molecule has 32 heavy (non-hydrogen) atoms. The van der Waals surface area contributed by atoms with Crippen molar-refractivity contribution in [2.24, 2.45) is 0 Å². The number of nitrogens with one attached hydrogen (secondary N) is 2. The fraction of sp³-hybridized carbons (Fsp3) is 0.273. The van der Waals surface area contributed by atoms with Gasteiger partial charge in [-0.05, 0) is 43.7 Å². The lowest BCUT2D eigenvalue weighted by Gasteiger charge is -2.11. The van der Waals surface area contributed by atoms with E-state index in [1.165, 1.54) is 18.9 Å². The number of aromatic nitrogens is 3. The number of halogens is 1. The van der Waals surface area contributed by atoms with Crippen LogP contribution in [0.4, 0.5) is 11.4 Å². The van der Waals surface area contributed by atoms with Crippen LogP contribution in [0, 0.1) is 6.92 Å². The summed E-state index contributed by atoms with van der Waals surface area (Å²) in [5, 5.41) is 15.9. The number of anilines is 2. The summed E-state index contributed by atoms with van der Waals surface area (Å²) in [7, 11) is 1.30. The first-order valence-electron chi connectivity index (χ1n) is 9.95. The van der Waals surface area contributed by atoms with Crippen molar-refractivity contribution in [3.05, 3.63) is 64.4 Å². The van der Waals surface area contributed by atoms with Crippen molar-refractivity contribution in [2.75, 3.05) is 23.5 Å². The summed E-state index contributed by atoms with van der Waals surface area (Å²) in [6, 6.07) is 12.5. The quantitative estimate of drug-likeness (QED) is 0.351. The highest BCUT2D eigenvalue weighted by atomic mass is 35.5. The standard InChI is InChI=1S/C22H24ClN5O3S/c1-4-28-19(12-24-15-10-9-14(2)17(23)11-15)26-27-22(28)32-13-20(29)25-18-8-6-5-7-16(18)21(30)31-3/h5-11,24H,4,12-13H2,1-3H3,(H,25,29). The minimum Gasteiger partial charge on any atom is -0.465 e. The van der Waals surface area contributed by atoms with Gasteiger partial charge in [-0.2, -0.15) is 0 Å². The van der Waals surface area contributed by atoms with Crippen LogP contribution in [0.2, 0.25) is 5.02 Å². The normalized spacial score (nSPS) is 10.6. The molecule has 1 heterocycles. The molecule has 2 N–H and O–H groups in total. The predicted molar refractivity (Wildman–Crippen MR) is 126 cm³/mol. The number of rotatable bonds is 9. The number of benzene rings is 2. The molecule has 0 saturated carbocycles. The summed E-state index contributed by atoms with van der Waals surface area (Å²) >= 11 is 7.46. The van der Waals surface area contributed by atoms with Crippen LogP contribution in [0.25, 0.3) is 0 Å². The van der Waals surface area contributed by atoms with Gasteiger partial charge in [0.05, 0.1) is 30.7 Å². The van der Waals surface area contributed by atoms with E-state index in [9.17, 15) is 9.59 Å².